The number of rotatable bonds is 2. The van der Waals surface area contributed by atoms with Crippen LogP contribution in [-0.2, 0) is 0 Å². The second kappa shape index (κ2) is 7.57. The zero-order valence-corrected chi connectivity index (χ0v) is 14.1. The van der Waals surface area contributed by atoms with Crippen molar-refractivity contribution in [2.45, 2.75) is 6.42 Å². The standard InChI is InChI=1S/C17H16ClFN4O2/c18-12-2-3-14(19)13(10-12)16(24)22-6-1-7-23(9-8-22)17(25)15-11-20-4-5-21-15/h2-5,10-11H,1,6-9H2. The van der Waals surface area contributed by atoms with Crippen molar-refractivity contribution >= 4 is 23.4 Å². The van der Waals surface area contributed by atoms with E-state index in [2.05, 4.69) is 9.97 Å². The van der Waals surface area contributed by atoms with E-state index in [1.807, 2.05) is 0 Å². The van der Waals surface area contributed by atoms with Gasteiger partial charge in [-0.2, -0.15) is 0 Å². The fraction of sp³-hybridized carbons (Fsp3) is 0.294. The molecule has 6 nitrogen and oxygen atoms in total. The zero-order chi connectivity index (χ0) is 17.8. The molecule has 2 amide bonds. The van der Waals surface area contributed by atoms with Crippen LogP contribution < -0.4 is 0 Å². The molecule has 0 unspecified atom stereocenters. The van der Waals surface area contributed by atoms with Gasteiger partial charge in [-0.3, -0.25) is 14.6 Å². The molecule has 0 saturated carbocycles. The van der Waals surface area contributed by atoms with Crippen molar-refractivity contribution in [2.24, 2.45) is 0 Å². The summed E-state index contributed by atoms with van der Waals surface area (Å²) in [7, 11) is 0. The maximum absolute atomic E-state index is 13.9. The second-order valence-electron chi connectivity index (χ2n) is 5.65. The van der Waals surface area contributed by atoms with E-state index in [-0.39, 0.29) is 17.2 Å². The van der Waals surface area contributed by atoms with Gasteiger partial charge in [-0.15, -0.1) is 0 Å². The molecule has 0 aliphatic carbocycles. The molecule has 1 fully saturated rings. The van der Waals surface area contributed by atoms with Crippen LogP contribution in [-0.4, -0.2) is 57.8 Å². The van der Waals surface area contributed by atoms with Crippen molar-refractivity contribution in [1.29, 1.82) is 0 Å². The van der Waals surface area contributed by atoms with Gasteiger partial charge in [0.2, 0.25) is 0 Å². The van der Waals surface area contributed by atoms with Gasteiger partial charge in [-0.25, -0.2) is 9.37 Å². The Hall–Kier alpha value is -2.54. The summed E-state index contributed by atoms with van der Waals surface area (Å²) < 4.78 is 13.9. The van der Waals surface area contributed by atoms with Crippen LogP contribution in [0.3, 0.4) is 0 Å². The van der Waals surface area contributed by atoms with Crippen molar-refractivity contribution in [3.8, 4) is 0 Å². The van der Waals surface area contributed by atoms with Crippen LogP contribution in [0.1, 0.15) is 27.3 Å². The summed E-state index contributed by atoms with van der Waals surface area (Å²) in [5.41, 5.74) is 0.212. The van der Waals surface area contributed by atoms with Crippen molar-refractivity contribution in [3.05, 3.63) is 58.9 Å². The van der Waals surface area contributed by atoms with Crippen molar-refractivity contribution < 1.29 is 14.0 Å². The summed E-state index contributed by atoms with van der Waals surface area (Å²) in [5.74, 6) is -1.25. The van der Waals surface area contributed by atoms with Gasteiger partial charge in [0.15, 0.2) is 0 Å². The number of nitrogens with zero attached hydrogens (tertiary/aromatic N) is 4. The monoisotopic (exact) mass is 362 g/mol. The molecule has 0 spiro atoms. The van der Waals surface area contributed by atoms with Crippen molar-refractivity contribution in [3.63, 3.8) is 0 Å². The molecule has 130 valence electrons. The van der Waals surface area contributed by atoms with Gasteiger partial charge in [-0.05, 0) is 24.6 Å². The lowest BCUT2D eigenvalue weighted by atomic mass is 10.2. The zero-order valence-electron chi connectivity index (χ0n) is 13.4. The lowest BCUT2D eigenvalue weighted by Crippen LogP contribution is -2.37. The van der Waals surface area contributed by atoms with E-state index in [4.69, 9.17) is 11.6 Å². The highest BCUT2D eigenvalue weighted by Gasteiger charge is 2.25. The molecule has 3 rings (SSSR count). The van der Waals surface area contributed by atoms with Gasteiger partial charge in [0, 0.05) is 43.6 Å². The number of benzene rings is 1. The fourth-order valence-corrected chi connectivity index (χ4v) is 2.90. The molecule has 1 aromatic heterocycles. The average Bonchev–Trinajstić information content (AvgIpc) is 2.89. The van der Waals surface area contributed by atoms with E-state index in [0.29, 0.717) is 37.6 Å². The first-order chi connectivity index (χ1) is 12.1. The number of aromatic nitrogens is 2. The first-order valence-corrected chi connectivity index (χ1v) is 8.23. The molecule has 0 N–H and O–H groups in total. The molecule has 1 aliphatic heterocycles. The molecule has 0 atom stereocenters. The van der Waals surface area contributed by atoms with Gasteiger partial charge in [-0.1, -0.05) is 11.6 Å². The number of hydrogen-bond donors (Lipinski definition) is 0. The van der Waals surface area contributed by atoms with Crippen LogP contribution in [0.2, 0.25) is 5.02 Å². The van der Waals surface area contributed by atoms with Gasteiger partial charge in [0.25, 0.3) is 11.8 Å². The van der Waals surface area contributed by atoms with Gasteiger partial charge < -0.3 is 9.80 Å². The Balaban J connectivity index is 1.70. The Kier molecular flexibility index (Phi) is 5.23. The molecule has 1 aliphatic rings. The van der Waals surface area contributed by atoms with Crippen LogP contribution in [0.15, 0.2) is 36.8 Å². The minimum atomic E-state index is -0.605. The van der Waals surface area contributed by atoms with Crippen molar-refractivity contribution in [1.82, 2.24) is 19.8 Å². The summed E-state index contributed by atoms with van der Waals surface area (Å²) in [6.45, 7) is 1.60. The second-order valence-corrected chi connectivity index (χ2v) is 6.09. The first-order valence-electron chi connectivity index (χ1n) is 7.86. The topological polar surface area (TPSA) is 66.4 Å². The molecule has 0 bridgehead atoms. The van der Waals surface area contributed by atoms with Gasteiger partial charge in [0.05, 0.1) is 11.8 Å². The van der Waals surface area contributed by atoms with Crippen LogP contribution >= 0.6 is 11.6 Å². The van der Waals surface area contributed by atoms with Crippen molar-refractivity contribution in [2.75, 3.05) is 26.2 Å². The molecule has 1 saturated heterocycles. The molecular weight excluding hydrogens is 347 g/mol. The Bertz CT molecular complexity index is 787. The molecule has 25 heavy (non-hydrogen) atoms. The number of hydrogen-bond acceptors (Lipinski definition) is 4. The quantitative estimate of drug-likeness (QED) is 0.822. The van der Waals surface area contributed by atoms with Crippen LogP contribution in [0.25, 0.3) is 0 Å². The Morgan fingerprint density at radius 1 is 1.04 bits per heavy atom. The van der Waals surface area contributed by atoms with Gasteiger partial charge in [0.1, 0.15) is 11.5 Å². The molecule has 1 aromatic carbocycles. The highest BCUT2D eigenvalue weighted by Crippen LogP contribution is 2.18. The Morgan fingerprint density at radius 3 is 2.44 bits per heavy atom. The normalized spacial score (nSPS) is 15.0. The third kappa shape index (κ3) is 3.93. The van der Waals surface area contributed by atoms with E-state index < -0.39 is 11.7 Å². The lowest BCUT2D eigenvalue weighted by Gasteiger charge is -2.22. The van der Waals surface area contributed by atoms with E-state index in [1.165, 1.54) is 36.8 Å². The lowest BCUT2D eigenvalue weighted by molar-refractivity contribution is 0.0713. The van der Waals surface area contributed by atoms with E-state index >= 15 is 0 Å². The molecular formula is C17H16ClFN4O2. The number of carbonyl (C=O) groups is 2. The van der Waals surface area contributed by atoms with Crippen LogP contribution in [0.4, 0.5) is 4.39 Å². The molecule has 2 heterocycles. The summed E-state index contributed by atoms with van der Waals surface area (Å²) in [6, 6.07) is 3.90. The van der Waals surface area contributed by atoms with Gasteiger partial charge >= 0.3 is 0 Å². The highest BCUT2D eigenvalue weighted by atomic mass is 35.5. The summed E-state index contributed by atoms with van der Waals surface area (Å²) >= 11 is 5.86. The minimum Gasteiger partial charge on any atom is -0.337 e. The maximum Gasteiger partial charge on any atom is 0.274 e. The SMILES string of the molecule is O=C(c1cnccn1)N1CCCN(C(=O)c2cc(Cl)ccc2F)CC1. The minimum absolute atomic E-state index is 0.0544. The predicted octanol–water partition coefficient (Wildman–Crippen LogP) is 2.26. The smallest absolute Gasteiger partial charge is 0.274 e. The third-order valence-corrected chi connectivity index (χ3v) is 4.25. The fourth-order valence-electron chi connectivity index (χ4n) is 2.73. The predicted molar refractivity (Wildman–Crippen MR) is 89.9 cm³/mol. The number of amides is 2. The number of carbonyl (C=O) groups excluding carboxylic acids is 2. The summed E-state index contributed by atoms with van der Waals surface area (Å²) in [5, 5.41) is 0.305. The maximum atomic E-state index is 13.9. The third-order valence-electron chi connectivity index (χ3n) is 4.01. The van der Waals surface area contributed by atoms with Crippen LogP contribution in [0, 0.1) is 5.82 Å². The molecule has 8 heteroatoms. The van der Waals surface area contributed by atoms with Crippen LogP contribution in [0.5, 0.6) is 0 Å². The largest absolute Gasteiger partial charge is 0.337 e. The van der Waals surface area contributed by atoms with E-state index in [9.17, 15) is 14.0 Å². The first kappa shape index (κ1) is 17.3. The summed E-state index contributed by atoms with van der Waals surface area (Å²) in [4.78, 5) is 36.1. The Morgan fingerprint density at radius 2 is 1.76 bits per heavy atom. The summed E-state index contributed by atoms with van der Waals surface area (Å²) in [6.07, 6.45) is 4.97. The number of halogens is 2. The molecule has 2 aromatic rings. The Labute approximate surface area is 149 Å². The highest BCUT2D eigenvalue weighted by molar-refractivity contribution is 6.31. The molecule has 0 radical (unpaired) electrons. The average molecular weight is 363 g/mol. The van der Waals surface area contributed by atoms with E-state index in [1.54, 1.807) is 9.80 Å². The van der Waals surface area contributed by atoms with E-state index in [0.717, 1.165) is 0 Å².